The standard InChI is InChI=1S/C17H31NO4/c1-6-8-9-10-11-12-13(7-2)14(15(19)20)18-16(21)22-17(3,4)5/h6,13-14H,1,7-12H2,2-5H3,(H,18,21)(H,19,20)/t13-,14?/m1/s1. The minimum absolute atomic E-state index is 0.0891. The molecule has 0 fully saturated rings. The van der Waals surface area contributed by atoms with Crippen molar-refractivity contribution in [3.63, 3.8) is 0 Å². The van der Waals surface area contributed by atoms with Crippen LogP contribution in [0.5, 0.6) is 0 Å². The summed E-state index contributed by atoms with van der Waals surface area (Å²) in [4.78, 5) is 23.3. The average Bonchev–Trinajstić information content (AvgIpc) is 2.38. The van der Waals surface area contributed by atoms with Gasteiger partial charge < -0.3 is 15.2 Å². The van der Waals surface area contributed by atoms with E-state index >= 15 is 0 Å². The molecule has 5 nitrogen and oxygen atoms in total. The molecule has 0 radical (unpaired) electrons. The van der Waals surface area contributed by atoms with E-state index < -0.39 is 23.7 Å². The Bertz CT molecular complexity index is 360. The molecule has 0 aliphatic carbocycles. The molecule has 0 saturated carbocycles. The number of hydrogen-bond donors (Lipinski definition) is 2. The van der Waals surface area contributed by atoms with Gasteiger partial charge in [-0.15, -0.1) is 6.58 Å². The average molecular weight is 313 g/mol. The Kier molecular flexibility index (Phi) is 9.54. The van der Waals surface area contributed by atoms with E-state index in [0.29, 0.717) is 6.42 Å². The summed E-state index contributed by atoms with van der Waals surface area (Å²) < 4.78 is 5.15. The number of carbonyl (C=O) groups excluding carboxylic acids is 1. The van der Waals surface area contributed by atoms with Gasteiger partial charge in [-0.3, -0.25) is 0 Å². The second kappa shape index (κ2) is 10.2. The minimum atomic E-state index is -1.01. The van der Waals surface area contributed by atoms with Crippen LogP contribution < -0.4 is 5.32 Å². The van der Waals surface area contributed by atoms with Crippen LogP contribution in [0, 0.1) is 5.92 Å². The molecule has 0 bridgehead atoms. The lowest BCUT2D eigenvalue weighted by molar-refractivity contribution is -0.141. The maximum absolute atomic E-state index is 11.8. The first-order valence-electron chi connectivity index (χ1n) is 8.04. The van der Waals surface area contributed by atoms with Crippen LogP contribution in [0.2, 0.25) is 0 Å². The summed E-state index contributed by atoms with van der Waals surface area (Å²) in [5.41, 5.74) is -0.639. The van der Waals surface area contributed by atoms with Crippen LogP contribution in [0.1, 0.15) is 66.2 Å². The van der Waals surface area contributed by atoms with Gasteiger partial charge in [0.05, 0.1) is 0 Å². The van der Waals surface area contributed by atoms with Gasteiger partial charge >= 0.3 is 12.1 Å². The lowest BCUT2D eigenvalue weighted by Crippen LogP contribution is -2.47. The maximum Gasteiger partial charge on any atom is 0.408 e. The number of carboxylic acid groups (broad SMARTS) is 1. The zero-order valence-corrected chi connectivity index (χ0v) is 14.4. The number of alkyl carbamates (subject to hydrolysis) is 1. The Labute approximate surface area is 134 Å². The molecule has 0 aliphatic heterocycles. The zero-order chi connectivity index (χ0) is 17.2. The fourth-order valence-corrected chi connectivity index (χ4v) is 2.29. The molecule has 1 unspecified atom stereocenters. The van der Waals surface area contributed by atoms with Crippen molar-refractivity contribution in [2.24, 2.45) is 5.92 Å². The first-order valence-corrected chi connectivity index (χ1v) is 8.04. The van der Waals surface area contributed by atoms with E-state index in [1.165, 1.54) is 0 Å². The van der Waals surface area contributed by atoms with Gasteiger partial charge in [0, 0.05) is 0 Å². The largest absolute Gasteiger partial charge is 0.480 e. The van der Waals surface area contributed by atoms with E-state index in [-0.39, 0.29) is 5.92 Å². The lowest BCUT2D eigenvalue weighted by Gasteiger charge is -2.26. The van der Waals surface area contributed by atoms with E-state index in [0.717, 1.165) is 32.1 Å². The summed E-state index contributed by atoms with van der Waals surface area (Å²) in [6.45, 7) is 10.9. The number of hydrogen-bond acceptors (Lipinski definition) is 3. The molecule has 128 valence electrons. The molecule has 22 heavy (non-hydrogen) atoms. The van der Waals surface area contributed by atoms with Crippen LogP contribution in [0.4, 0.5) is 4.79 Å². The molecule has 0 spiro atoms. The third-order valence-electron chi connectivity index (χ3n) is 3.42. The highest BCUT2D eigenvalue weighted by molar-refractivity contribution is 5.80. The van der Waals surface area contributed by atoms with E-state index in [2.05, 4.69) is 11.9 Å². The summed E-state index contributed by atoms with van der Waals surface area (Å²) in [5.74, 6) is -1.10. The number of aliphatic carboxylic acids is 1. The van der Waals surface area contributed by atoms with Crippen molar-refractivity contribution in [2.75, 3.05) is 0 Å². The van der Waals surface area contributed by atoms with Crippen molar-refractivity contribution in [3.8, 4) is 0 Å². The van der Waals surface area contributed by atoms with Crippen LogP contribution in [0.3, 0.4) is 0 Å². The smallest absolute Gasteiger partial charge is 0.408 e. The number of unbranched alkanes of at least 4 members (excludes halogenated alkanes) is 3. The fourth-order valence-electron chi connectivity index (χ4n) is 2.29. The molecule has 5 heteroatoms. The van der Waals surface area contributed by atoms with Crippen molar-refractivity contribution in [1.82, 2.24) is 5.32 Å². The zero-order valence-electron chi connectivity index (χ0n) is 14.4. The predicted molar refractivity (Wildman–Crippen MR) is 87.9 cm³/mol. The molecule has 0 rings (SSSR count). The number of ether oxygens (including phenoxy) is 1. The lowest BCUT2D eigenvalue weighted by atomic mass is 9.91. The molecular weight excluding hydrogens is 282 g/mol. The van der Waals surface area contributed by atoms with Crippen LogP contribution in [-0.4, -0.2) is 28.8 Å². The van der Waals surface area contributed by atoms with Gasteiger partial charge in [-0.2, -0.15) is 0 Å². The Balaban J connectivity index is 4.51. The highest BCUT2D eigenvalue weighted by Crippen LogP contribution is 2.19. The molecule has 0 aliphatic rings. The topological polar surface area (TPSA) is 75.6 Å². The van der Waals surface area contributed by atoms with Gasteiger partial charge in [0.25, 0.3) is 0 Å². The molecule has 0 aromatic rings. The van der Waals surface area contributed by atoms with Gasteiger partial charge in [-0.25, -0.2) is 9.59 Å². The first-order chi connectivity index (χ1) is 10.2. The van der Waals surface area contributed by atoms with Gasteiger partial charge in [-0.05, 0) is 46.0 Å². The van der Waals surface area contributed by atoms with Crippen LogP contribution >= 0.6 is 0 Å². The van der Waals surface area contributed by atoms with Crippen LogP contribution in [0.15, 0.2) is 12.7 Å². The number of rotatable bonds is 10. The molecule has 0 aromatic carbocycles. The van der Waals surface area contributed by atoms with Crippen LogP contribution in [0.25, 0.3) is 0 Å². The SMILES string of the molecule is C=CCCCCC[C@@H](CC)C(NC(=O)OC(C)(C)C)C(=O)O. The Hall–Kier alpha value is -1.52. The molecule has 0 heterocycles. The van der Waals surface area contributed by atoms with Gasteiger partial charge in [0.1, 0.15) is 11.6 Å². The van der Waals surface area contributed by atoms with Crippen LogP contribution in [-0.2, 0) is 9.53 Å². The maximum atomic E-state index is 11.8. The summed E-state index contributed by atoms with van der Waals surface area (Å²) in [6, 6.07) is -0.903. The van der Waals surface area contributed by atoms with Gasteiger partial charge in [0.2, 0.25) is 0 Å². The van der Waals surface area contributed by atoms with Crippen molar-refractivity contribution < 1.29 is 19.4 Å². The van der Waals surface area contributed by atoms with Crippen molar-refractivity contribution in [1.29, 1.82) is 0 Å². The predicted octanol–water partition coefficient (Wildman–Crippen LogP) is 4.13. The third kappa shape index (κ3) is 9.42. The van der Waals surface area contributed by atoms with Crippen molar-refractivity contribution in [2.45, 2.75) is 77.9 Å². The van der Waals surface area contributed by atoms with Gasteiger partial charge in [0.15, 0.2) is 0 Å². The first kappa shape index (κ1) is 20.5. The highest BCUT2D eigenvalue weighted by atomic mass is 16.6. The minimum Gasteiger partial charge on any atom is -0.480 e. The van der Waals surface area contributed by atoms with E-state index in [1.54, 1.807) is 20.8 Å². The Morgan fingerprint density at radius 1 is 1.27 bits per heavy atom. The van der Waals surface area contributed by atoms with Crippen molar-refractivity contribution in [3.05, 3.63) is 12.7 Å². The number of amides is 1. The summed E-state index contributed by atoms with van der Waals surface area (Å²) in [6.07, 6.45) is 6.74. The highest BCUT2D eigenvalue weighted by Gasteiger charge is 2.30. The van der Waals surface area contributed by atoms with E-state index in [9.17, 15) is 14.7 Å². The quantitative estimate of drug-likeness (QED) is 0.470. The molecule has 0 saturated heterocycles. The summed E-state index contributed by atoms with van der Waals surface area (Å²) >= 11 is 0. The fraction of sp³-hybridized carbons (Fsp3) is 0.765. The third-order valence-corrected chi connectivity index (χ3v) is 3.42. The number of carboxylic acids is 1. The molecule has 0 aromatic heterocycles. The van der Waals surface area contributed by atoms with Crippen molar-refractivity contribution >= 4 is 12.1 Å². The number of nitrogens with one attached hydrogen (secondary N) is 1. The second-order valence-corrected chi connectivity index (χ2v) is 6.56. The molecular formula is C17H31NO4. The van der Waals surface area contributed by atoms with Gasteiger partial charge in [-0.1, -0.05) is 32.3 Å². The Morgan fingerprint density at radius 2 is 1.91 bits per heavy atom. The second-order valence-electron chi connectivity index (χ2n) is 6.56. The Morgan fingerprint density at radius 3 is 2.36 bits per heavy atom. The van der Waals surface area contributed by atoms with E-state index in [4.69, 9.17) is 4.74 Å². The normalized spacial score (nSPS) is 14.0. The monoisotopic (exact) mass is 313 g/mol. The summed E-state index contributed by atoms with van der Waals surface area (Å²) in [5, 5.41) is 11.9. The molecule has 2 atom stereocenters. The summed E-state index contributed by atoms with van der Waals surface area (Å²) in [7, 11) is 0. The number of carbonyl (C=O) groups is 2. The van der Waals surface area contributed by atoms with E-state index in [1.807, 2.05) is 13.0 Å². The number of allylic oxidation sites excluding steroid dienone is 1. The molecule has 1 amide bonds. The molecule has 2 N–H and O–H groups in total.